The first-order valence-corrected chi connectivity index (χ1v) is 5.33. The highest BCUT2D eigenvalue weighted by Crippen LogP contribution is 2.33. The van der Waals surface area contributed by atoms with Crippen molar-refractivity contribution < 1.29 is 0 Å². The maximum atomic E-state index is 3.67. The van der Waals surface area contributed by atoms with E-state index in [1.807, 2.05) is 0 Å². The molecule has 0 bridgehead atoms. The third-order valence-corrected chi connectivity index (χ3v) is 5.31. The van der Waals surface area contributed by atoms with Crippen LogP contribution in [0.4, 0.5) is 0 Å². The molecule has 0 aromatic heterocycles. The molecule has 54 valence electrons. The second-order valence-electron chi connectivity index (χ2n) is 2.87. The summed E-state index contributed by atoms with van der Waals surface area (Å²) < 4.78 is 0. The molecular weight excluding hydrogens is 244 g/mol. The van der Waals surface area contributed by atoms with E-state index in [1.165, 1.54) is 19.3 Å². The van der Waals surface area contributed by atoms with Crippen molar-refractivity contribution in [3.8, 4) is 0 Å². The Morgan fingerprint density at radius 3 is 2.33 bits per heavy atom. The van der Waals surface area contributed by atoms with Gasteiger partial charge < -0.3 is 0 Å². The van der Waals surface area contributed by atoms with Crippen molar-refractivity contribution in [3.05, 3.63) is 0 Å². The molecule has 0 amide bonds. The molecule has 9 heavy (non-hydrogen) atoms. The summed E-state index contributed by atoms with van der Waals surface area (Å²) in [5.41, 5.74) is 0. The number of hydrogen-bond donors (Lipinski definition) is 0. The molecule has 2 heteroatoms. The van der Waals surface area contributed by atoms with E-state index in [0.29, 0.717) is 9.65 Å². The van der Waals surface area contributed by atoms with Gasteiger partial charge in [-0.3, -0.25) is 0 Å². The number of hydrogen-bond acceptors (Lipinski definition) is 0. The fraction of sp³-hybridized carbons (Fsp3) is 1.00. The molecule has 1 aliphatic carbocycles. The first-order valence-electron chi connectivity index (χ1n) is 3.50. The molecule has 1 fully saturated rings. The second-order valence-corrected chi connectivity index (χ2v) is 5.10. The van der Waals surface area contributed by atoms with Crippen molar-refractivity contribution in [2.45, 2.75) is 35.8 Å². The Kier molecular flexibility index (Phi) is 3.03. The molecule has 0 saturated heterocycles. The van der Waals surface area contributed by atoms with Crippen molar-refractivity contribution in [3.63, 3.8) is 0 Å². The van der Waals surface area contributed by atoms with Gasteiger partial charge in [0, 0.05) is 9.65 Å². The summed E-state index contributed by atoms with van der Waals surface area (Å²) in [6, 6.07) is 0. The molecule has 1 saturated carbocycles. The quantitative estimate of drug-likeness (QED) is 0.583. The van der Waals surface area contributed by atoms with E-state index >= 15 is 0 Å². The van der Waals surface area contributed by atoms with Gasteiger partial charge in [-0.1, -0.05) is 45.2 Å². The number of alkyl halides is 2. The van der Waals surface area contributed by atoms with Crippen molar-refractivity contribution in [1.82, 2.24) is 0 Å². The van der Waals surface area contributed by atoms with E-state index in [4.69, 9.17) is 0 Å². The van der Waals surface area contributed by atoms with Gasteiger partial charge in [0.25, 0.3) is 0 Å². The van der Waals surface area contributed by atoms with Gasteiger partial charge in [0.15, 0.2) is 0 Å². The van der Waals surface area contributed by atoms with E-state index in [2.05, 4.69) is 38.8 Å². The summed E-state index contributed by atoms with van der Waals surface area (Å²) in [5.74, 6) is 0.850. The zero-order valence-electron chi connectivity index (χ0n) is 5.61. The molecule has 0 spiro atoms. The Balaban J connectivity index is 2.41. The summed E-state index contributed by atoms with van der Waals surface area (Å²) in [6.45, 7) is 2.31. The minimum absolute atomic E-state index is 0.700. The maximum Gasteiger partial charge on any atom is 0.0296 e. The molecule has 0 radical (unpaired) electrons. The number of rotatable bonds is 0. The molecule has 0 aliphatic heterocycles. The van der Waals surface area contributed by atoms with Crippen LogP contribution in [0.3, 0.4) is 0 Å². The minimum atomic E-state index is 0.700. The van der Waals surface area contributed by atoms with E-state index in [9.17, 15) is 0 Å². The molecule has 1 aliphatic rings. The fourth-order valence-corrected chi connectivity index (χ4v) is 2.68. The van der Waals surface area contributed by atoms with Crippen molar-refractivity contribution in [2.24, 2.45) is 5.92 Å². The third kappa shape index (κ3) is 1.94. The molecule has 1 unspecified atom stereocenters. The Morgan fingerprint density at radius 2 is 1.89 bits per heavy atom. The minimum Gasteiger partial charge on any atom is -0.0878 e. The van der Waals surface area contributed by atoms with E-state index in [-0.39, 0.29) is 0 Å². The van der Waals surface area contributed by atoms with Crippen LogP contribution < -0.4 is 0 Å². The van der Waals surface area contributed by atoms with E-state index in [1.54, 1.807) is 0 Å². The van der Waals surface area contributed by atoms with Crippen LogP contribution in [0, 0.1) is 5.92 Å². The van der Waals surface area contributed by atoms with Crippen LogP contribution in [0.2, 0.25) is 0 Å². The Bertz CT molecular complexity index is 82.9. The molecular formula is C7H12Br2. The average molecular weight is 256 g/mol. The zero-order chi connectivity index (χ0) is 6.85. The smallest absolute Gasteiger partial charge is 0.0296 e. The van der Waals surface area contributed by atoms with Gasteiger partial charge in [-0.25, -0.2) is 0 Å². The standard InChI is InChI=1S/C7H12Br2/c1-5-3-2-4-6(8)7(5)9/h5-7H,2-4H2,1H3/t5?,6-,7-/m0/s1. The average Bonchev–Trinajstić information content (AvgIpc) is 1.83. The van der Waals surface area contributed by atoms with Gasteiger partial charge in [-0.05, 0) is 18.8 Å². The fourth-order valence-electron chi connectivity index (χ4n) is 1.31. The van der Waals surface area contributed by atoms with Crippen LogP contribution in [-0.2, 0) is 0 Å². The Hall–Kier alpha value is 0.960. The third-order valence-electron chi connectivity index (χ3n) is 2.03. The molecule has 3 atom stereocenters. The lowest BCUT2D eigenvalue weighted by atomic mass is 9.91. The topological polar surface area (TPSA) is 0 Å². The predicted octanol–water partition coefficient (Wildman–Crippen LogP) is 3.33. The summed E-state index contributed by atoms with van der Waals surface area (Å²) in [5, 5.41) is 0. The SMILES string of the molecule is CC1CCC[C@H](Br)[C@H]1Br. The predicted molar refractivity (Wildman–Crippen MR) is 48.4 cm³/mol. The lowest BCUT2D eigenvalue weighted by Crippen LogP contribution is -2.26. The van der Waals surface area contributed by atoms with Gasteiger partial charge in [0.05, 0.1) is 0 Å². The van der Waals surface area contributed by atoms with Gasteiger partial charge in [-0.2, -0.15) is 0 Å². The molecule has 0 N–H and O–H groups in total. The van der Waals surface area contributed by atoms with Crippen LogP contribution in [0.1, 0.15) is 26.2 Å². The second kappa shape index (κ2) is 3.38. The normalized spacial score (nSPS) is 45.0. The summed E-state index contributed by atoms with van der Waals surface area (Å²) in [7, 11) is 0. The Labute approximate surface area is 73.7 Å². The highest BCUT2D eigenvalue weighted by Gasteiger charge is 2.25. The molecule has 0 nitrogen and oxygen atoms in total. The van der Waals surface area contributed by atoms with Gasteiger partial charge in [0.1, 0.15) is 0 Å². The molecule has 1 rings (SSSR count). The highest BCUT2D eigenvalue weighted by molar-refractivity contribution is 9.12. The van der Waals surface area contributed by atoms with Crippen LogP contribution in [0.25, 0.3) is 0 Å². The van der Waals surface area contributed by atoms with Crippen LogP contribution in [0.15, 0.2) is 0 Å². The molecule has 0 aromatic carbocycles. The zero-order valence-corrected chi connectivity index (χ0v) is 8.78. The largest absolute Gasteiger partial charge is 0.0878 e. The molecule has 0 aromatic rings. The van der Waals surface area contributed by atoms with Gasteiger partial charge >= 0.3 is 0 Å². The number of halogens is 2. The van der Waals surface area contributed by atoms with Crippen LogP contribution >= 0.6 is 31.9 Å². The first kappa shape index (κ1) is 8.06. The lowest BCUT2D eigenvalue weighted by molar-refractivity contribution is 0.415. The monoisotopic (exact) mass is 254 g/mol. The van der Waals surface area contributed by atoms with Crippen molar-refractivity contribution in [2.75, 3.05) is 0 Å². The van der Waals surface area contributed by atoms with Gasteiger partial charge in [0.2, 0.25) is 0 Å². The molecule has 0 heterocycles. The summed E-state index contributed by atoms with van der Waals surface area (Å²) in [6.07, 6.45) is 4.11. The summed E-state index contributed by atoms with van der Waals surface area (Å²) >= 11 is 7.32. The lowest BCUT2D eigenvalue weighted by Gasteiger charge is -2.28. The first-order chi connectivity index (χ1) is 4.22. The van der Waals surface area contributed by atoms with Gasteiger partial charge in [-0.15, -0.1) is 0 Å². The maximum absolute atomic E-state index is 3.67. The highest BCUT2D eigenvalue weighted by atomic mass is 79.9. The van der Waals surface area contributed by atoms with E-state index < -0.39 is 0 Å². The van der Waals surface area contributed by atoms with Crippen LogP contribution in [0.5, 0.6) is 0 Å². The van der Waals surface area contributed by atoms with E-state index in [0.717, 1.165) is 5.92 Å². The van der Waals surface area contributed by atoms with Crippen molar-refractivity contribution in [1.29, 1.82) is 0 Å². The summed E-state index contributed by atoms with van der Waals surface area (Å²) in [4.78, 5) is 1.41. The Morgan fingerprint density at radius 1 is 1.22 bits per heavy atom. The van der Waals surface area contributed by atoms with Crippen LogP contribution in [-0.4, -0.2) is 9.65 Å². The van der Waals surface area contributed by atoms with Crippen molar-refractivity contribution >= 4 is 31.9 Å².